The van der Waals surface area contributed by atoms with E-state index in [1.165, 1.54) is 23.9 Å². The number of nitrogens with zero attached hydrogens (tertiary/aromatic N) is 2. The number of carboxylic acid groups (broad SMARTS) is 1. The van der Waals surface area contributed by atoms with Crippen molar-refractivity contribution in [2.45, 2.75) is 24.8 Å². The summed E-state index contributed by atoms with van der Waals surface area (Å²) in [5, 5.41) is 9.39. The monoisotopic (exact) mass is 292 g/mol. The van der Waals surface area contributed by atoms with E-state index in [1.54, 1.807) is 6.07 Å². The van der Waals surface area contributed by atoms with Gasteiger partial charge in [-0.3, -0.25) is 0 Å². The van der Waals surface area contributed by atoms with Gasteiger partial charge < -0.3 is 5.11 Å². The molecule has 6 heteroatoms. The van der Waals surface area contributed by atoms with Gasteiger partial charge in [-0.05, 0) is 37.6 Å². The highest BCUT2D eigenvalue weighted by Gasteiger charge is 2.10. The van der Waals surface area contributed by atoms with Crippen LogP contribution in [-0.2, 0) is 5.75 Å². The van der Waals surface area contributed by atoms with Gasteiger partial charge in [0.1, 0.15) is 5.82 Å². The molecule has 0 spiro atoms. The molecule has 1 N–H and O–H groups in total. The Morgan fingerprint density at radius 1 is 1.25 bits per heavy atom. The van der Waals surface area contributed by atoms with Crippen molar-refractivity contribution in [2.24, 2.45) is 0 Å². The van der Waals surface area contributed by atoms with Crippen LogP contribution < -0.4 is 0 Å². The number of hydrogen-bond donors (Lipinski definition) is 1. The first-order valence-corrected chi connectivity index (χ1v) is 6.91. The van der Waals surface area contributed by atoms with E-state index < -0.39 is 11.8 Å². The molecule has 0 saturated heterocycles. The molecule has 0 unspecified atom stereocenters. The fraction of sp³-hybridized carbons (Fsp3) is 0.214. The molecule has 0 aliphatic rings. The summed E-state index contributed by atoms with van der Waals surface area (Å²) < 4.78 is 13.5. The molecule has 0 amide bonds. The van der Waals surface area contributed by atoms with Crippen LogP contribution in [0.5, 0.6) is 0 Å². The zero-order valence-electron chi connectivity index (χ0n) is 11.1. The van der Waals surface area contributed by atoms with E-state index in [1.807, 2.05) is 19.9 Å². The number of thioether (sulfide) groups is 1. The normalized spacial score (nSPS) is 10.6. The second-order valence-electron chi connectivity index (χ2n) is 4.34. The molecule has 0 radical (unpaired) electrons. The van der Waals surface area contributed by atoms with Crippen LogP contribution in [0.3, 0.4) is 0 Å². The molecule has 0 fully saturated rings. The number of aromatic carboxylic acids is 1. The fourth-order valence-corrected chi connectivity index (χ4v) is 2.62. The molecule has 1 aromatic heterocycles. The average molecular weight is 292 g/mol. The standard InChI is InChI=1S/C14H13FN2O2S/c1-8-5-9(2)17-14(16-8)20-7-10-3-4-11(13(18)19)12(15)6-10/h3-6H,7H2,1-2H3,(H,18,19). The zero-order valence-corrected chi connectivity index (χ0v) is 11.9. The number of hydrogen-bond acceptors (Lipinski definition) is 4. The van der Waals surface area contributed by atoms with Crippen molar-refractivity contribution >= 4 is 17.7 Å². The highest BCUT2D eigenvalue weighted by atomic mass is 32.2. The minimum atomic E-state index is -1.26. The molecular formula is C14H13FN2O2S. The summed E-state index contributed by atoms with van der Waals surface area (Å²) in [7, 11) is 0. The van der Waals surface area contributed by atoms with Crippen LogP contribution in [-0.4, -0.2) is 21.0 Å². The molecule has 2 rings (SSSR count). The van der Waals surface area contributed by atoms with Crippen molar-refractivity contribution < 1.29 is 14.3 Å². The maximum Gasteiger partial charge on any atom is 0.338 e. The predicted octanol–water partition coefficient (Wildman–Crippen LogP) is 3.22. The van der Waals surface area contributed by atoms with Crippen molar-refractivity contribution in [2.75, 3.05) is 0 Å². The molecule has 104 valence electrons. The van der Waals surface area contributed by atoms with Crippen molar-refractivity contribution in [3.05, 3.63) is 52.6 Å². The fourth-order valence-electron chi connectivity index (χ4n) is 1.73. The predicted molar refractivity (Wildman–Crippen MR) is 74.4 cm³/mol. The van der Waals surface area contributed by atoms with Crippen LogP contribution in [0.15, 0.2) is 29.4 Å². The number of carboxylic acids is 1. The first kappa shape index (κ1) is 14.5. The molecule has 0 aliphatic carbocycles. The molecule has 4 nitrogen and oxygen atoms in total. The molecule has 1 heterocycles. The third kappa shape index (κ3) is 3.54. The molecule has 0 saturated carbocycles. The Balaban J connectivity index is 2.11. The van der Waals surface area contributed by atoms with E-state index in [4.69, 9.17) is 5.11 Å². The molecule has 2 aromatic rings. The maximum atomic E-state index is 13.5. The van der Waals surface area contributed by atoms with Crippen molar-refractivity contribution in [1.82, 2.24) is 9.97 Å². The molecule has 0 aliphatic heterocycles. The lowest BCUT2D eigenvalue weighted by Crippen LogP contribution is -2.01. The highest BCUT2D eigenvalue weighted by Crippen LogP contribution is 2.21. The van der Waals surface area contributed by atoms with Gasteiger partial charge in [-0.25, -0.2) is 19.2 Å². The zero-order chi connectivity index (χ0) is 14.7. The Morgan fingerprint density at radius 2 is 1.90 bits per heavy atom. The molecule has 0 bridgehead atoms. The number of carbonyl (C=O) groups is 1. The van der Waals surface area contributed by atoms with Crippen LogP contribution in [0.25, 0.3) is 0 Å². The van der Waals surface area contributed by atoms with Crippen LogP contribution in [0.4, 0.5) is 4.39 Å². The Bertz CT molecular complexity index is 641. The SMILES string of the molecule is Cc1cc(C)nc(SCc2ccc(C(=O)O)c(F)c2)n1. The van der Waals surface area contributed by atoms with Gasteiger partial charge in [0, 0.05) is 17.1 Å². The van der Waals surface area contributed by atoms with Crippen LogP contribution in [0, 0.1) is 19.7 Å². The minimum absolute atomic E-state index is 0.318. The quantitative estimate of drug-likeness (QED) is 0.692. The van der Waals surface area contributed by atoms with Gasteiger partial charge in [-0.2, -0.15) is 0 Å². The summed E-state index contributed by atoms with van der Waals surface area (Å²) in [4.78, 5) is 19.3. The minimum Gasteiger partial charge on any atom is -0.478 e. The van der Waals surface area contributed by atoms with Crippen LogP contribution in [0.2, 0.25) is 0 Å². The summed E-state index contributed by atoms with van der Waals surface area (Å²) in [6, 6.07) is 5.99. The van der Waals surface area contributed by atoms with Crippen molar-refractivity contribution in [1.29, 1.82) is 0 Å². The van der Waals surface area contributed by atoms with Gasteiger partial charge in [0.2, 0.25) is 0 Å². The Morgan fingerprint density at radius 3 is 2.45 bits per heavy atom. The lowest BCUT2D eigenvalue weighted by Gasteiger charge is -2.04. The van der Waals surface area contributed by atoms with Gasteiger partial charge in [-0.1, -0.05) is 17.8 Å². The Hall–Kier alpha value is -1.95. The first-order chi connectivity index (χ1) is 9.45. The van der Waals surface area contributed by atoms with Gasteiger partial charge >= 0.3 is 5.97 Å². The van der Waals surface area contributed by atoms with Crippen LogP contribution >= 0.6 is 11.8 Å². The molecule has 1 aromatic carbocycles. The Kier molecular flexibility index (Phi) is 4.34. The van der Waals surface area contributed by atoms with Crippen molar-refractivity contribution in [3.8, 4) is 0 Å². The summed E-state index contributed by atoms with van der Waals surface area (Å²) in [6.45, 7) is 3.78. The number of halogens is 1. The van der Waals surface area contributed by atoms with E-state index in [2.05, 4.69) is 9.97 Å². The summed E-state index contributed by atoms with van der Waals surface area (Å²) in [6.07, 6.45) is 0. The summed E-state index contributed by atoms with van der Waals surface area (Å²) >= 11 is 1.39. The number of benzene rings is 1. The van der Waals surface area contributed by atoms with Crippen molar-refractivity contribution in [3.63, 3.8) is 0 Å². The topological polar surface area (TPSA) is 63.1 Å². The lowest BCUT2D eigenvalue weighted by atomic mass is 10.1. The van der Waals surface area contributed by atoms with E-state index in [-0.39, 0.29) is 5.56 Å². The maximum absolute atomic E-state index is 13.5. The van der Waals surface area contributed by atoms with Crippen LogP contribution in [0.1, 0.15) is 27.3 Å². The number of aryl methyl sites for hydroxylation is 2. The van der Waals surface area contributed by atoms with E-state index >= 15 is 0 Å². The largest absolute Gasteiger partial charge is 0.478 e. The molecule has 20 heavy (non-hydrogen) atoms. The highest BCUT2D eigenvalue weighted by molar-refractivity contribution is 7.98. The summed E-state index contributed by atoms with van der Waals surface area (Å²) in [5.74, 6) is -1.50. The number of aromatic nitrogens is 2. The Labute approximate surface area is 120 Å². The third-order valence-electron chi connectivity index (χ3n) is 2.59. The first-order valence-electron chi connectivity index (χ1n) is 5.92. The van der Waals surface area contributed by atoms with Gasteiger partial charge in [0.05, 0.1) is 5.56 Å². The molecular weight excluding hydrogens is 279 g/mol. The van der Waals surface area contributed by atoms with E-state index in [0.717, 1.165) is 11.4 Å². The average Bonchev–Trinajstić information content (AvgIpc) is 2.35. The van der Waals surface area contributed by atoms with E-state index in [0.29, 0.717) is 16.5 Å². The van der Waals surface area contributed by atoms with E-state index in [9.17, 15) is 9.18 Å². The van der Waals surface area contributed by atoms with Gasteiger partial charge in [0.25, 0.3) is 0 Å². The summed E-state index contributed by atoms with van der Waals surface area (Å²) in [5.41, 5.74) is 2.14. The third-order valence-corrected chi connectivity index (χ3v) is 3.51. The van der Waals surface area contributed by atoms with Gasteiger partial charge in [0.15, 0.2) is 5.16 Å². The lowest BCUT2D eigenvalue weighted by molar-refractivity contribution is 0.0692. The second-order valence-corrected chi connectivity index (χ2v) is 5.28. The second kappa shape index (κ2) is 6.00. The number of rotatable bonds is 4. The molecule has 0 atom stereocenters. The smallest absolute Gasteiger partial charge is 0.338 e. The van der Waals surface area contributed by atoms with Gasteiger partial charge in [-0.15, -0.1) is 0 Å².